The third-order valence-electron chi connectivity index (χ3n) is 4.84. The van der Waals surface area contributed by atoms with Crippen molar-refractivity contribution in [3.63, 3.8) is 0 Å². The van der Waals surface area contributed by atoms with E-state index in [-0.39, 0.29) is 5.56 Å². The van der Waals surface area contributed by atoms with Gasteiger partial charge in [-0.25, -0.2) is 4.98 Å². The number of nitrogens with one attached hydrogen (secondary N) is 1. The predicted molar refractivity (Wildman–Crippen MR) is 112 cm³/mol. The lowest BCUT2D eigenvalue weighted by atomic mass is 10.0. The Morgan fingerprint density at radius 2 is 2.12 bits per heavy atom. The molecule has 7 heteroatoms. The Morgan fingerprint density at radius 1 is 1.35 bits per heavy atom. The Kier molecular flexibility index (Phi) is 5.10. The van der Waals surface area contributed by atoms with Gasteiger partial charge in [-0.3, -0.25) is 4.79 Å². The average molecular weight is 406 g/mol. The first-order valence-corrected chi connectivity index (χ1v) is 10.8. The summed E-state index contributed by atoms with van der Waals surface area (Å²) in [5, 5.41) is 4.67. The van der Waals surface area contributed by atoms with Crippen LogP contribution in [-0.4, -0.2) is 40.3 Å². The highest BCUT2D eigenvalue weighted by Crippen LogP contribution is 2.34. The normalized spacial score (nSPS) is 16.4. The molecule has 26 heavy (non-hydrogen) atoms. The molecule has 1 aliphatic heterocycles. The number of nitrogens with zero attached hydrogens (tertiary/aromatic N) is 2. The summed E-state index contributed by atoms with van der Waals surface area (Å²) >= 11 is 9.36. The number of hydrogen-bond donors (Lipinski definition) is 1. The van der Waals surface area contributed by atoms with Crippen LogP contribution in [0.4, 0.5) is 0 Å². The highest BCUT2D eigenvalue weighted by Gasteiger charge is 2.20. The minimum Gasteiger partial charge on any atom is -0.306 e. The molecule has 0 amide bonds. The molecule has 1 aromatic carbocycles. The number of benzene rings is 1. The van der Waals surface area contributed by atoms with Crippen LogP contribution in [-0.2, 0) is 0 Å². The number of piperidine rings is 1. The molecule has 0 saturated carbocycles. The van der Waals surface area contributed by atoms with E-state index in [0.717, 1.165) is 57.6 Å². The van der Waals surface area contributed by atoms with E-state index in [1.54, 1.807) is 11.8 Å². The molecule has 0 bridgehead atoms. The second-order valence-corrected chi connectivity index (χ2v) is 9.34. The molecule has 2 aromatic heterocycles. The van der Waals surface area contributed by atoms with Crippen molar-refractivity contribution in [2.24, 2.45) is 0 Å². The van der Waals surface area contributed by atoms with Crippen LogP contribution in [0.1, 0.15) is 18.4 Å². The summed E-state index contributed by atoms with van der Waals surface area (Å²) in [6.45, 7) is 4.17. The number of thioether (sulfide) groups is 1. The van der Waals surface area contributed by atoms with Crippen LogP contribution in [0.2, 0.25) is 5.02 Å². The average Bonchev–Trinajstić information content (AvgIpc) is 3.04. The minimum absolute atomic E-state index is 0.0609. The number of thiophene rings is 1. The number of aromatic amines is 1. The van der Waals surface area contributed by atoms with Gasteiger partial charge in [-0.05, 0) is 63.2 Å². The SMILES string of the molecule is Cc1cc(-c2csc3nc(SC4CCN(C)CC4)[nH]c(=O)c23)ccc1Cl. The lowest BCUT2D eigenvalue weighted by Gasteiger charge is -2.27. The Morgan fingerprint density at radius 3 is 2.85 bits per heavy atom. The van der Waals surface area contributed by atoms with Gasteiger partial charge in [0, 0.05) is 21.2 Å². The van der Waals surface area contributed by atoms with Gasteiger partial charge in [0.05, 0.1) is 5.39 Å². The second-order valence-electron chi connectivity index (χ2n) is 6.79. The van der Waals surface area contributed by atoms with Gasteiger partial charge in [-0.2, -0.15) is 0 Å². The maximum Gasteiger partial charge on any atom is 0.260 e. The summed E-state index contributed by atoms with van der Waals surface area (Å²) in [6.07, 6.45) is 2.26. The maximum atomic E-state index is 12.8. The van der Waals surface area contributed by atoms with Crippen molar-refractivity contribution in [1.29, 1.82) is 0 Å². The number of likely N-dealkylation sites (tertiary alicyclic amines) is 1. The van der Waals surface area contributed by atoms with Crippen molar-refractivity contribution in [2.75, 3.05) is 20.1 Å². The van der Waals surface area contributed by atoms with Crippen LogP contribution in [0.25, 0.3) is 21.3 Å². The van der Waals surface area contributed by atoms with E-state index in [2.05, 4.69) is 16.9 Å². The van der Waals surface area contributed by atoms with Crippen molar-refractivity contribution in [2.45, 2.75) is 30.2 Å². The quantitative estimate of drug-likeness (QED) is 0.636. The molecule has 1 aliphatic rings. The van der Waals surface area contributed by atoms with Crippen LogP contribution in [0.15, 0.2) is 33.5 Å². The number of aromatic nitrogens is 2. The van der Waals surface area contributed by atoms with Gasteiger partial charge >= 0.3 is 0 Å². The van der Waals surface area contributed by atoms with Gasteiger partial charge in [0.1, 0.15) is 4.83 Å². The molecule has 1 N–H and O–H groups in total. The Bertz CT molecular complexity index is 1010. The van der Waals surface area contributed by atoms with Crippen molar-refractivity contribution >= 4 is 44.9 Å². The topological polar surface area (TPSA) is 49.0 Å². The third kappa shape index (κ3) is 3.56. The number of halogens is 1. The van der Waals surface area contributed by atoms with Gasteiger partial charge in [-0.1, -0.05) is 29.4 Å². The van der Waals surface area contributed by atoms with Crippen LogP contribution in [0.3, 0.4) is 0 Å². The molecule has 3 heterocycles. The van der Waals surface area contributed by atoms with Gasteiger partial charge in [-0.15, -0.1) is 11.3 Å². The van der Waals surface area contributed by atoms with E-state index in [1.165, 1.54) is 11.3 Å². The smallest absolute Gasteiger partial charge is 0.260 e. The molecule has 0 aliphatic carbocycles. The molecule has 4 rings (SSSR count). The summed E-state index contributed by atoms with van der Waals surface area (Å²) in [5.41, 5.74) is 2.87. The molecule has 136 valence electrons. The standard InChI is InChI=1S/C19H20ClN3OS2/c1-11-9-12(3-4-15(11)20)14-10-25-18-16(14)17(24)21-19(22-18)26-13-5-7-23(2)8-6-13/h3-4,9-10,13H,5-8H2,1-2H3,(H,21,22,24). The molecule has 1 saturated heterocycles. The van der Waals surface area contributed by atoms with Gasteiger partial charge in [0.15, 0.2) is 5.16 Å². The first kappa shape index (κ1) is 18.0. The zero-order valence-corrected chi connectivity index (χ0v) is 17.1. The number of aryl methyl sites for hydroxylation is 1. The van der Waals surface area contributed by atoms with Gasteiger partial charge < -0.3 is 9.88 Å². The predicted octanol–water partition coefficient (Wildman–Crippen LogP) is 4.80. The molecule has 3 aromatic rings. The number of hydrogen-bond acceptors (Lipinski definition) is 5. The Labute approximate surface area is 165 Å². The Balaban J connectivity index is 1.67. The molecule has 0 radical (unpaired) electrons. The molecule has 0 atom stereocenters. The van der Waals surface area contributed by atoms with E-state index in [0.29, 0.717) is 10.6 Å². The van der Waals surface area contributed by atoms with Crippen LogP contribution in [0, 0.1) is 6.92 Å². The first-order chi connectivity index (χ1) is 12.5. The number of rotatable bonds is 3. The van der Waals surface area contributed by atoms with E-state index in [9.17, 15) is 4.79 Å². The van der Waals surface area contributed by atoms with Crippen molar-refractivity contribution in [3.05, 3.63) is 44.5 Å². The van der Waals surface area contributed by atoms with Crippen molar-refractivity contribution < 1.29 is 0 Å². The van der Waals surface area contributed by atoms with Crippen molar-refractivity contribution in [1.82, 2.24) is 14.9 Å². The summed E-state index contributed by atoms with van der Waals surface area (Å²) < 4.78 is 0. The Hall–Kier alpha value is -1.34. The van der Waals surface area contributed by atoms with E-state index >= 15 is 0 Å². The zero-order chi connectivity index (χ0) is 18.3. The fourth-order valence-electron chi connectivity index (χ4n) is 3.27. The fraction of sp³-hybridized carbons (Fsp3) is 0.368. The molecule has 4 nitrogen and oxygen atoms in total. The monoisotopic (exact) mass is 405 g/mol. The molecular weight excluding hydrogens is 386 g/mol. The molecule has 0 spiro atoms. The number of H-pyrrole nitrogens is 1. The second kappa shape index (κ2) is 7.35. The first-order valence-electron chi connectivity index (χ1n) is 8.64. The van der Waals surface area contributed by atoms with Gasteiger partial charge in [0.25, 0.3) is 5.56 Å². The van der Waals surface area contributed by atoms with Crippen molar-refractivity contribution in [3.8, 4) is 11.1 Å². The van der Waals surface area contributed by atoms with Crippen LogP contribution < -0.4 is 5.56 Å². The fourth-order valence-corrected chi connectivity index (χ4v) is 5.45. The third-order valence-corrected chi connectivity index (χ3v) is 7.35. The molecule has 0 unspecified atom stereocenters. The van der Waals surface area contributed by atoms with Crippen LogP contribution in [0.5, 0.6) is 0 Å². The van der Waals surface area contributed by atoms with E-state index in [1.807, 2.05) is 30.5 Å². The molecular formula is C19H20ClN3OS2. The molecule has 1 fully saturated rings. The van der Waals surface area contributed by atoms with Crippen LogP contribution >= 0.6 is 34.7 Å². The largest absolute Gasteiger partial charge is 0.306 e. The zero-order valence-electron chi connectivity index (χ0n) is 14.7. The minimum atomic E-state index is -0.0609. The summed E-state index contributed by atoms with van der Waals surface area (Å²) in [5.74, 6) is 0. The lowest BCUT2D eigenvalue weighted by Crippen LogP contribution is -2.31. The summed E-state index contributed by atoms with van der Waals surface area (Å²) in [7, 11) is 2.15. The number of fused-ring (bicyclic) bond motifs is 1. The highest BCUT2D eigenvalue weighted by atomic mass is 35.5. The summed E-state index contributed by atoms with van der Waals surface area (Å²) in [6, 6.07) is 5.85. The highest BCUT2D eigenvalue weighted by molar-refractivity contribution is 7.99. The summed E-state index contributed by atoms with van der Waals surface area (Å²) in [4.78, 5) is 23.6. The van der Waals surface area contributed by atoms with E-state index < -0.39 is 0 Å². The van der Waals surface area contributed by atoms with Gasteiger partial charge in [0.2, 0.25) is 0 Å². The lowest BCUT2D eigenvalue weighted by molar-refractivity contribution is 0.282. The maximum absolute atomic E-state index is 12.8. The van der Waals surface area contributed by atoms with E-state index in [4.69, 9.17) is 16.6 Å².